The molecule has 3 nitrogen and oxygen atoms in total. The molecule has 1 heterocycles. The number of benzene rings is 1. The molecule has 0 bridgehead atoms. The number of aliphatic hydroxyl groups is 1. The lowest BCUT2D eigenvalue weighted by Gasteiger charge is -2.34. The van der Waals surface area contributed by atoms with E-state index >= 15 is 0 Å². The molecule has 104 valence electrons. The fraction of sp³-hybridized carbons (Fsp3) is 0.562. The number of nitrogens with zero attached hydrogens (tertiary/aromatic N) is 1. The Kier molecular flexibility index (Phi) is 3.01. The summed E-state index contributed by atoms with van der Waals surface area (Å²) in [7, 11) is 0. The molecule has 0 spiro atoms. The first kappa shape index (κ1) is 14.1. The Morgan fingerprint density at radius 1 is 1.11 bits per heavy atom. The first-order valence-corrected chi connectivity index (χ1v) is 6.69. The van der Waals surface area contributed by atoms with E-state index in [4.69, 9.17) is 0 Å². The molecule has 0 saturated heterocycles. The van der Waals surface area contributed by atoms with Crippen LogP contribution in [0.25, 0.3) is 0 Å². The smallest absolute Gasteiger partial charge is 0.257 e. The van der Waals surface area contributed by atoms with Gasteiger partial charge in [-0.15, -0.1) is 0 Å². The van der Waals surface area contributed by atoms with Gasteiger partial charge in [-0.25, -0.2) is 0 Å². The van der Waals surface area contributed by atoms with Gasteiger partial charge in [-0.2, -0.15) is 0 Å². The molecule has 1 N–H and O–H groups in total. The summed E-state index contributed by atoms with van der Waals surface area (Å²) in [6.07, 6.45) is -0.843. The van der Waals surface area contributed by atoms with Crippen LogP contribution in [-0.2, 0) is 5.41 Å². The molecule has 0 fully saturated rings. The number of carbonyl (C=O) groups is 1. The normalized spacial score (nSPS) is 19.8. The fourth-order valence-corrected chi connectivity index (χ4v) is 2.49. The maximum atomic E-state index is 12.4. The number of rotatable bonds is 0. The Labute approximate surface area is 115 Å². The van der Waals surface area contributed by atoms with Crippen LogP contribution in [0.2, 0.25) is 0 Å². The second-order valence-corrected chi connectivity index (χ2v) is 7.27. The summed E-state index contributed by atoms with van der Waals surface area (Å²) in [5.74, 6) is -0.0875. The van der Waals surface area contributed by atoms with Gasteiger partial charge < -0.3 is 10.0 Å². The maximum absolute atomic E-state index is 12.4. The molecule has 3 heteroatoms. The average Bonchev–Trinajstić information content (AvgIpc) is 2.49. The highest BCUT2D eigenvalue weighted by Gasteiger charge is 2.41. The van der Waals surface area contributed by atoms with Crippen LogP contribution in [0.4, 0.5) is 0 Å². The number of hydrogen-bond donors (Lipinski definition) is 1. The lowest BCUT2D eigenvalue weighted by atomic mass is 9.85. The van der Waals surface area contributed by atoms with E-state index in [9.17, 15) is 9.90 Å². The molecular formula is C16H23NO2. The van der Waals surface area contributed by atoms with Crippen molar-refractivity contribution < 1.29 is 9.90 Å². The molecule has 1 atom stereocenters. The molecule has 1 aromatic carbocycles. The predicted molar refractivity (Wildman–Crippen MR) is 76.0 cm³/mol. The highest BCUT2D eigenvalue weighted by atomic mass is 16.3. The van der Waals surface area contributed by atoms with E-state index in [-0.39, 0.29) is 11.3 Å². The molecule has 1 amide bonds. The minimum absolute atomic E-state index is 0.00689. The summed E-state index contributed by atoms with van der Waals surface area (Å²) in [4.78, 5) is 13.9. The first-order chi connectivity index (χ1) is 8.53. The maximum Gasteiger partial charge on any atom is 0.257 e. The van der Waals surface area contributed by atoms with E-state index in [0.717, 1.165) is 11.1 Å². The molecule has 1 aliphatic rings. The van der Waals surface area contributed by atoms with E-state index in [1.54, 1.807) is 4.90 Å². The van der Waals surface area contributed by atoms with Gasteiger partial charge in [-0.1, -0.05) is 26.8 Å². The quantitative estimate of drug-likeness (QED) is 0.779. The molecule has 0 unspecified atom stereocenters. The van der Waals surface area contributed by atoms with E-state index in [0.29, 0.717) is 5.56 Å². The molecule has 0 aliphatic carbocycles. The van der Waals surface area contributed by atoms with Gasteiger partial charge in [-0.3, -0.25) is 4.79 Å². The average molecular weight is 261 g/mol. The number of fused-ring (bicyclic) bond motifs is 1. The van der Waals surface area contributed by atoms with Gasteiger partial charge in [-0.05, 0) is 43.9 Å². The molecular weight excluding hydrogens is 238 g/mol. The second-order valence-electron chi connectivity index (χ2n) is 7.27. The van der Waals surface area contributed by atoms with Crippen LogP contribution in [0.5, 0.6) is 0 Å². The lowest BCUT2D eigenvalue weighted by Crippen LogP contribution is -2.43. The van der Waals surface area contributed by atoms with Crippen molar-refractivity contribution in [3.05, 3.63) is 34.9 Å². The Bertz CT molecular complexity index is 521. The van der Waals surface area contributed by atoms with Gasteiger partial charge in [0.15, 0.2) is 6.23 Å². The number of aliphatic hydroxyl groups excluding tert-OH is 1. The van der Waals surface area contributed by atoms with Gasteiger partial charge in [0.25, 0.3) is 5.91 Å². The summed E-state index contributed by atoms with van der Waals surface area (Å²) < 4.78 is 0. The first-order valence-electron chi connectivity index (χ1n) is 6.69. The zero-order valence-electron chi connectivity index (χ0n) is 12.6. The summed E-state index contributed by atoms with van der Waals surface area (Å²) in [6.45, 7) is 12.2. The Morgan fingerprint density at radius 3 is 2.16 bits per heavy atom. The summed E-state index contributed by atoms with van der Waals surface area (Å²) in [5.41, 5.74) is 2.10. The number of amides is 1. The van der Waals surface area contributed by atoms with Crippen LogP contribution in [0.1, 0.15) is 69.3 Å². The van der Waals surface area contributed by atoms with Crippen molar-refractivity contribution in [3.63, 3.8) is 0 Å². The SMILES string of the molecule is CC(C)(C)c1ccc2c(c1)[C@H](O)N(C(C)(C)C)C2=O. The minimum Gasteiger partial charge on any atom is -0.369 e. The molecule has 1 aliphatic heterocycles. The lowest BCUT2D eigenvalue weighted by molar-refractivity contribution is -0.0228. The van der Waals surface area contributed by atoms with Crippen LogP contribution in [-0.4, -0.2) is 21.5 Å². The van der Waals surface area contributed by atoms with Crippen molar-refractivity contribution >= 4 is 5.91 Å². The second kappa shape index (κ2) is 4.07. The zero-order valence-corrected chi connectivity index (χ0v) is 12.6. The summed E-state index contributed by atoms with van der Waals surface area (Å²) in [6, 6.07) is 5.78. The Morgan fingerprint density at radius 2 is 1.68 bits per heavy atom. The Hall–Kier alpha value is -1.35. The molecule has 1 aromatic rings. The van der Waals surface area contributed by atoms with E-state index in [2.05, 4.69) is 20.8 Å². The third-order valence-electron chi connectivity index (χ3n) is 3.61. The summed E-state index contributed by atoms with van der Waals surface area (Å²) in [5, 5.41) is 10.4. The monoisotopic (exact) mass is 261 g/mol. The van der Waals surface area contributed by atoms with Crippen LogP contribution in [0.3, 0.4) is 0 Å². The highest BCUT2D eigenvalue weighted by Crippen LogP contribution is 2.38. The Balaban J connectivity index is 2.52. The van der Waals surface area contributed by atoms with E-state index in [1.165, 1.54) is 0 Å². The zero-order chi connectivity index (χ0) is 14.6. The van der Waals surface area contributed by atoms with Gasteiger partial charge >= 0.3 is 0 Å². The van der Waals surface area contributed by atoms with Gasteiger partial charge in [0.05, 0.1) is 0 Å². The van der Waals surface area contributed by atoms with Crippen molar-refractivity contribution in [2.75, 3.05) is 0 Å². The van der Waals surface area contributed by atoms with Crippen LogP contribution in [0.15, 0.2) is 18.2 Å². The highest BCUT2D eigenvalue weighted by molar-refractivity contribution is 5.99. The number of carbonyl (C=O) groups excluding carboxylic acids is 1. The largest absolute Gasteiger partial charge is 0.369 e. The van der Waals surface area contributed by atoms with Crippen LogP contribution < -0.4 is 0 Å². The number of hydrogen-bond acceptors (Lipinski definition) is 2. The molecule has 0 radical (unpaired) electrons. The third-order valence-corrected chi connectivity index (χ3v) is 3.61. The van der Waals surface area contributed by atoms with Crippen molar-refractivity contribution in [2.24, 2.45) is 0 Å². The van der Waals surface area contributed by atoms with Crippen molar-refractivity contribution in [2.45, 2.75) is 58.7 Å². The molecule has 19 heavy (non-hydrogen) atoms. The van der Waals surface area contributed by atoms with Crippen molar-refractivity contribution in [1.29, 1.82) is 0 Å². The minimum atomic E-state index is -0.843. The van der Waals surface area contributed by atoms with Gasteiger partial charge in [0.1, 0.15) is 0 Å². The van der Waals surface area contributed by atoms with Crippen LogP contribution >= 0.6 is 0 Å². The van der Waals surface area contributed by atoms with E-state index in [1.807, 2.05) is 39.0 Å². The van der Waals surface area contributed by atoms with Crippen LogP contribution in [0, 0.1) is 0 Å². The van der Waals surface area contributed by atoms with Crippen molar-refractivity contribution in [3.8, 4) is 0 Å². The van der Waals surface area contributed by atoms with E-state index < -0.39 is 11.8 Å². The molecule has 0 aromatic heterocycles. The summed E-state index contributed by atoms with van der Waals surface area (Å²) >= 11 is 0. The third kappa shape index (κ3) is 2.27. The van der Waals surface area contributed by atoms with Crippen molar-refractivity contribution in [1.82, 2.24) is 4.90 Å². The fourth-order valence-electron chi connectivity index (χ4n) is 2.49. The van der Waals surface area contributed by atoms with Gasteiger partial charge in [0.2, 0.25) is 0 Å². The van der Waals surface area contributed by atoms with Gasteiger partial charge in [0, 0.05) is 16.7 Å². The topological polar surface area (TPSA) is 40.5 Å². The standard InChI is InChI=1S/C16H23NO2/c1-15(2,3)10-7-8-11-12(9-10)14(19)17(13(11)18)16(4,5)6/h7-9,14,19H,1-6H3/t14-/m0/s1. The predicted octanol–water partition coefficient (Wildman–Crippen LogP) is 3.23. The molecule has 2 rings (SSSR count). The molecule has 0 saturated carbocycles.